The second-order valence-electron chi connectivity index (χ2n) is 3.41. The van der Waals surface area contributed by atoms with Crippen molar-refractivity contribution >= 4 is 21.7 Å². The Hall–Kier alpha value is -1.82. The normalized spacial score (nSPS) is 10.2. The molecule has 0 saturated carbocycles. The summed E-state index contributed by atoms with van der Waals surface area (Å²) >= 11 is 3.03. The molecule has 6 heteroatoms. The Kier molecular flexibility index (Phi) is 3.66. The first-order valence-corrected chi connectivity index (χ1v) is 5.78. The maximum atomic E-state index is 13.8. The van der Waals surface area contributed by atoms with Crippen LogP contribution in [0.25, 0.3) is 0 Å². The highest BCUT2D eigenvalue weighted by atomic mass is 79.9. The van der Waals surface area contributed by atoms with E-state index in [2.05, 4.69) is 26.1 Å². The van der Waals surface area contributed by atoms with Crippen molar-refractivity contribution in [1.82, 2.24) is 10.2 Å². The lowest BCUT2D eigenvalue weighted by Gasteiger charge is -2.04. The number of methoxy groups -OCH3 is 1. The largest absolute Gasteiger partial charge is 0.495 e. The van der Waals surface area contributed by atoms with Gasteiger partial charge in [-0.3, -0.25) is 4.79 Å². The summed E-state index contributed by atoms with van der Waals surface area (Å²) in [6.07, 6.45) is 1.37. The molecule has 0 bridgehead atoms. The van der Waals surface area contributed by atoms with Crippen LogP contribution in [0.5, 0.6) is 5.75 Å². The van der Waals surface area contributed by atoms with Crippen molar-refractivity contribution in [3.05, 3.63) is 52.0 Å². The van der Waals surface area contributed by atoms with E-state index in [9.17, 15) is 9.18 Å². The van der Waals surface area contributed by atoms with E-state index in [-0.39, 0.29) is 15.7 Å². The minimum absolute atomic E-state index is 0.0337. The molecule has 18 heavy (non-hydrogen) atoms. The molecule has 1 aromatic carbocycles. The third kappa shape index (κ3) is 2.38. The molecule has 0 saturated heterocycles. The van der Waals surface area contributed by atoms with Crippen LogP contribution in [0.1, 0.15) is 16.1 Å². The quantitative estimate of drug-likeness (QED) is 0.818. The Morgan fingerprint density at radius 3 is 2.94 bits per heavy atom. The zero-order valence-corrected chi connectivity index (χ0v) is 10.9. The second-order valence-corrected chi connectivity index (χ2v) is 4.27. The van der Waals surface area contributed by atoms with Gasteiger partial charge in [0.25, 0.3) is 0 Å². The van der Waals surface area contributed by atoms with E-state index in [1.165, 1.54) is 31.5 Å². The van der Waals surface area contributed by atoms with Crippen molar-refractivity contribution < 1.29 is 13.9 Å². The minimum atomic E-state index is -0.618. The van der Waals surface area contributed by atoms with Gasteiger partial charge in [0.15, 0.2) is 0 Å². The molecule has 0 spiro atoms. The van der Waals surface area contributed by atoms with E-state index in [1.807, 2.05) is 0 Å². The topological polar surface area (TPSA) is 52.1 Å². The van der Waals surface area contributed by atoms with E-state index in [1.54, 1.807) is 6.07 Å². The maximum absolute atomic E-state index is 13.8. The molecule has 0 N–H and O–H groups in total. The number of halogens is 2. The van der Waals surface area contributed by atoms with Crippen molar-refractivity contribution in [2.24, 2.45) is 0 Å². The predicted molar refractivity (Wildman–Crippen MR) is 66.1 cm³/mol. The summed E-state index contributed by atoms with van der Waals surface area (Å²) < 4.78 is 18.9. The van der Waals surface area contributed by atoms with Gasteiger partial charge in [0.05, 0.1) is 23.3 Å². The number of ether oxygens (including phenoxy) is 1. The lowest BCUT2D eigenvalue weighted by molar-refractivity contribution is 0.102. The van der Waals surface area contributed by atoms with Gasteiger partial charge in [-0.05, 0) is 28.1 Å². The minimum Gasteiger partial charge on any atom is -0.495 e. The number of nitrogens with zero attached hydrogens (tertiary/aromatic N) is 2. The third-order valence-electron chi connectivity index (χ3n) is 2.29. The molecule has 1 aromatic heterocycles. The molecular weight excluding hydrogens is 303 g/mol. The van der Waals surface area contributed by atoms with Crippen LogP contribution in [-0.4, -0.2) is 23.1 Å². The second kappa shape index (κ2) is 5.22. The number of ketones is 1. The molecule has 0 radical (unpaired) electrons. The molecule has 2 rings (SSSR count). The van der Waals surface area contributed by atoms with Crippen LogP contribution < -0.4 is 4.74 Å². The van der Waals surface area contributed by atoms with Crippen LogP contribution in [-0.2, 0) is 0 Å². The van der Waals surface area contributed by atoms with Gasteiger partial charge in [0.2, 0.25) is 5.78 Å². The highest BCUT2D eigenvalue weighted by Gasteiger charge is 2.17. The number of hydrogen-bond donors (Lipinski definition) is 0. The molecule has 92 valence electrons. The average molecular weight is 311 g/mol. The smallest absolute Gasteiger partial charge is 0.216 e. The van der Waals surface area contributed by atoms with E-state index >= 15 is 0 Å². The molecule has 0 aliphatic heterocycles. The molecule has 0 fully saturated rings. The monoisotopic (exact) mass is 310 g/mol. The van der Waals surface area contributed by atoms with Crippen LogP contribution in [0.4, 0.5) is 4.39 Å². The van der Waals surface area contributed by atoms with Gasteiger partial charge < -0.3 is 4.74 Å². The van der Waals surface area contributed by atoms with E-state index < -0.39 is 11.6 Å². The molecule has 0 atom stereocenters. The Morgan fingerprint density at radius 2 is 2.22 bits per heavy atom. The summed E-state index contributed by atoms with van der Waals surface area (Å²) in [5, 5.41) is 7.30. The first-order chi connectivity index (χ1) is 8.63. The number of hydrogen-bond acceptors (Lipinski definition) is 4. The highest BCUT2D eigenvalue weighted by Crippen LogP contribution is 2.21. The Labute approximate surface area is 111 Å². The van der Waals surface area contributed by atoms with Crippen molar-refractivity contribution in [2.45, 2.75) is 0 Å². The molecule has 0 aliphatic rings. The van der Waals surface area contributed by atoms with Crippen molar-refractivity contribution in [3.63, 3.8) is 0 Å². The summed E-state index contributed by atoms with van der Waals surface area (Å²) in [5.41, 5.74) is -0.0294. The van der Waals surface area contributed by atoms with Crippen LogP contribution in [0.2, 0.25) is 0 Å². The number of rotatable bonds is 3. The van der Waals surface area contributed by atoms with Gasteiger partial charge in [0, 0.05) is 6.07 Å². The number of carbonyl (C=O) groups is 1. The van der Waals surface area contributed by atoms with Crippen molar-refractivity contribution in [3.8, 4) is 5.75 Å². The highest BCUT2D eigenvalue weighted by molar-refractivity contribution is 9.10. The summed E-state index contributed by atoms with van der Waals surface area (Å²) in [4.78, 5) is 12.1. The maximum Gasteiger partial charge on any atom is 0.216 e. The Balaban J connectivity index is 2.44. The SMILES string of the molecule is COc1cnnc(C(=O)c2cccc(Br)c2F)c1. The van der Waals surface area contributed by atoms with E-state index in [0.29, 0.717) is 5.75 Å². The average Bonchev–Trinajstić information content (AvgIpc) is 2.41. The summed E-state index contributed by atoms with van der Waals surface area (Å²) in [6, 6.07) is 5.90. The third-order valence-corrected chi connectivity index (χ3v) is 2.91. The Bertz CT molecular complexity index is 604. The molecule has 2 aromatic rings. The van der Waals surface area contributed by atoms with Crippen molar-refractivity contribution in [1.29, 1.82) is 0 Å². The summed E-state index contributed by atoms with van der Waals surface area (Å²) in [6.45, 7) is 0. The fourth-order valence-corrected chi connectivity index (χ4v) is 1.75. The van der Waals surface area contributed by atoms with E-state index in [0.717, 1.165) is 0 Å². The first-order valence-electron chi connectivity index (χ1n) is 4.99. The molecule has 0 aliphatic carbocycles. The standard InChI is InChI=1S/C12H8BrFN2O2/c1-18-7-5-10(16-15-6-7)12(17)8-3-2-4-9(13)11(8)14/h2-6H,1H3. The van der Waals surface area contributed by atoms with Crippen LogP contribution in [0, 0.1) is 5.82 Å². The van der Waals surface area contributed by atoms with Crippen LogP contribution >= 0.6 is 15.9 Å². The number of carbonyl (C=O) groups excluding carboxylic acids is 1. The van der Waals surface area contributed by atoms with Crippen molar-refractivity contribution in [2.75, 3.05) is 7.11 Å². The van der Waals surface area contributed by atoms with Gasteiger partial charge in [-0.1, -0.05) is 6.07 Å². The van der Waals surface area contributed by atoms with Gasteiger partial charge in [-0.15, -0.1) is 5.10 Å². The predicted octanol–water partition coefficient (Wildman–Crippen LogP) is 2.62. The van der Waals surface area contributed by atoms with Crippen LogP contribution in [0.3, 0.4) is 0 Å². The zero-order chi connectivity index (χ0) is 13.1. The molecule has 0 unspecified atom stereocenters. The number of benzene rings is 1. The zero-order valence-electron chi connectivity index (χ0n) is 9.35. The van der Waals surface area contributed by atoms with Gasteiger partial charge in [-0.25, -0.2) is 4.39 Å². The summed E-state index contributed by atoms with van der Waals surface area (Å²) in [5.74, 6) is -0.768. The lowest BCUT2D eigenvalue weighted by atomic mass is 10.1. The van der Waals surface area contributed by atoms with Crippen LogP contribution in [0.15, 0.2) is 34.9 Å². The molecule has 4 nitrogen and oxygen atoms in total. The fourth-order valence-electron chi connectivity index (χ4n) is 1.39. The molecular formula is C12H8BrFN2O2. The lowest BCUT2D eigenvalue weighted by Crippen LogP contribution is -2.08. The van der Waals surface area contributed by atoms with Gasteiger partial charge in [-0.2, -0.15) is 5.10 Å². The summed E-state index contributed by atoms with van der Waals surface area (Å²) in [7, 11) is 1.45. The molecule has 1 heterocycles. The number of aromatic nitrogens is 2. The molecule has 0 amide bonds. The van der Waals surface area contributed by atoms with E-state index in [4.69, 9.17) is 4.74 Å². The fraction of sp³-hybridized carbons (Fsp3) is 0.0833. The van der Waals surface area contributed by atoms with Gasteiger partial charge >= 0.3 is 0 Å². The Morgan fingerprint density at radius 1 is 1.44 bits per heavy atom. The van der Waals surface area contributed by atoms with Gasteiger partial charge in [0.1, 0.15) is 17.3 Å². The first kappa shape index (κ1) is 12.6.